The summed E-state index contributed by atoms with van der Waals surface area (Å²) in [5.41, 5.74) is 0.0631. The highest BCUT2D eigenvalue weighted by atomic mass is 16.5. The van der Waals surface area contributed by atoms with Crippen LogP contribution in [-0.4, -0.2) is 60.5 Å². The van der Waals surface area contributed by atoms with Crippen LogP contribution in [0.2, 0.25) is 0 Å². The van der Waals surface area contributed by atoms with Crippen LogP contribution in [-0.2, 0) is 14.3 Å². The zero-order valence-electron chi connectivity index (χ0n) is 12.9. The van der Waals surface area contributed by atoms with Crippen molar-refractivity contribution in [2.75, 3.05) is 26.9 Å². The molecule has 2 saturated heterocycles. The number of hydrogen-bond acceptors (Lipinski definition) is 4. The molecule has 5 nitrogen and oxygen atoms in total. The number of carbonyl (C=O) groups is 1. The van der Waals surface area contributed by atoms with E-state index in [1.165, 1.54) is 32.1 Å². The van der Waals surface area contributed by atoms with Gasteiger partial charge in [0.25, 0.3) is 0 Å². The van der Waals surface area contributed by atoms with Crippen LogP contribution in [0.5, 0.6) is 0 Å². The molecule has 1 N–H and O–H groups in total. The molecule has 0 aromatic carbocycles. The van der Waals surface area contributed by atoms with E-state index in [2.05, 4.69) is 11.9 Å². The van der Waals surface area contributed by atoms with Crippen molar-refractivity contribution in [1.29, 1.82) is 0 Å². The van der Waals surface area contributed by atoms with Gasteiger partial charge < -0.3 is 14.6 Å². The van der Waals surface area contributed by atoms with Gasteiger partial charge in [0.15, 0.2) is 0 Å². The van der Waals surface area contributed by atoms with E-state index in [9.17, 15) is 9.90 Å². The summed E-state index contributed by atoms with van der Waals surface area (Å²) in [4.78, 5) is 13.6. The van der Waals surface area contributed by atoms with Crippen LogP contribution >= 0.6 is 0 Å². The van der Waals surface area contributed by atoms with E-state index in [1.807, 2.05) is 0 Å². The number of carboxylic acid groups (broad SMARTS) is 1. The molecule has 0 aromatic rings. The zero-order valence-corrected chi connectivity index (χ0v) is 12.9. The molecule has 0 aromatic heterocycles. The summed E-state index contributed by atoms with van der Waals surface area (Å²) in [5, 5.41) is 9.34. The Balaban J connectivity index is 1.66. The second kappa shape index (κ2) is 6.23. The van der Waals surface area contributed by atoms with Crippen LogP contribution in [0, 0.1) is 5.92 Å². The molecular weight excluding hydrogens is 270 g/mol. The SMILES string of the molecule is CN(C1CCOC2(CCCCC2)C1)C1COCC1C(=O)O. The number of likely N-dealkylation sites (N-methyl/N-ethyl adjacent to an activating group) is 1. The molecule has 3 atom stereocenters. The Morgan fingerprint density at radius 2 is 2.00 bits per heavy atom. The third kappa shape index (κ3) is 3.10. The lowest BCUT2D eigenvalue weighted by Gasteiger charge is -2.47. The van der Waals surface area contributed by atoms with E-state index in [-0.39, 0.29) is 17.6 Å². The number of rotatable bonds is 3. The molecule has 120 valence electrons. The van der Waals surface area contributed by atoms with Crippen molar-refractivity contribution in [3.05, 3.63) is 0 Å². The summed E-state index contributed by atoms with van der Waals surface area (Å²) in [7, 11) is 2.07. The fourth-order valence-electron chi connectivity index (χ4n) is 4.35. The van der Waals surface area contributed by atoms with Crippen molar-refractivity contribution in [3.8, 4) is 0 Å². The molecule has 1 saturated carbocycles. The minimum atomic E-state index is -0.733. The van der Waals surface area contributed by atoms with Crippen molar-refractivity contribution < 1.29 is 19.4 Å². The molecule has 5 heteroatoms. The van der Waals surface area contributed by atoms with Gasteiger partial charge in [0, 0.05) is 18.7 Å². The largest absolute Gasteiger partial charge is 0.481 e. The second-order valence-electron chi connectivity index (χ2n) is 6.95. The first kappa shape index (κ1) is 15.3. The second-order valence-corrected chi connectivity index (χ2v) is 6.95. The van der Waals surface area contributed by atoms with Crippen LogP contribution in [0.3, 0.4) is 0 Å². The van der Waals surface area contributed by atoms with Gasteiger partial charge in [-0.3, -0.25) is 9.69 Å². The van der Waals surface area contributed by atoms with Crippen LogP contribution in [0.25, 0.3) is 0 Å². The summed E-state index contributed by atoms with van der Waals surface area (Å²) in [6.45, 7) is 1.69. The van der Waals surface area contributed by atoms with Crippen LogP contribution in [0.1, 0.15) is 44.9 Å². The fourth-order valence-corrected chi connectivity index (χ4v) is 4.35. The van der Waals surface area contributed by atoms with Gasteiger partial charge in [0.2, 0.25) is 0 Å². The van der Waals surface area contributed by atoms with E-state index in [1.54, 1.807) is 0 Å². The van der Waals surface area contributed by atoms with Crippen molar-refractivity contribution in [3.63, 3.8) is 0 Å². The summed E-state index contributed by atoms with van der Waals surface area (Å²) in [6, 6.07) is 0.427. The molecule has 1 aliphatic carbocycles. The standard InChI is InChI=1S/C16H27NO4/c1-17(14-11-20-10-13(14)15(18)19)12-5-8-21-16(9-12)6-3-2-4-7-16/h12-14H,2-11H2,1H3,(H,18,19). The number of carboxylic acids is 1. The van der Waals surface area contributed by atoms with Crippen molar-refractivity contribution in [1.82, 2.24) is 4.90 Å². The Morgan fingerprint density at radius 1 is 1.24 bits per heavy atom. The van der Waals surface area contributed by atoms with Crippen molar-refractivity contribution in [2.45, 2.75) is 62.6 Å². The molecule has 3 unspecified atom stereocenters. The molecule has 3 aliphatic rings. The average Bonchev–Trinajstić information content (AvgIpc) is 2.97. The quantitative estimate of drug-likeness (QED) is 0.862. The van der Waals surface area contributed by atoms with Crippen LogP contribution in [0.4, 0.5) is 0 Å². The molecule has 21 heavy (non-hydrogen) atoms. The Bertz CT molecular complexity index is 375. The predicted molar refractivity (Wildman–Crippen MR) is 78.3 cm³/mol. The molecule has 0 amide bonds. The molecular formula is C16H27NO4. The summed E-state index contributed by atoms with van der Waals surface area (Å²) in [6.07, 6.45) is 8.24. The van der Waals surface area contributed by atoms with E-state index >= 15 is 0 Å². The smallest absolute Gasteiger partial charge is 0.310 e. The third-order valence-electron chi connectivity index (χ3n) is 5.70. The molecule has 0 bridgehead atoms. The summed E-state index contributed by atoms with van der Waals surface area (Å²) >= 11 is 0. The van der Waals surface area contributed by atoms with Crippen LogP contribution < -0.4 is 0 Å². The minimum absolute atomic E-state index is 0.00578. The summed E-state index contributed by atoms with van der Waals surface area (Å²) < 4.78 is 11.6. The third-order valence-corrected chi connectivity index (χ3v) is 5.70. The lowest BCUT2D eigenvalue weighted by Crippen LogP contribution is -2.53. The Hall–Kier alpha value is -0.650. The normalized spacial score (nSPS) is 36.2. The van der Waals surface area contributed by atoms with Gasteiger partial charge in [0.1, 0.15) is 0 Å². The molecule has 1 spiro atoms. The lowest BCUT2D eigenvalue weighted by molar-refractivity contribution is -0.145. The first-order valence-corrected chi connectivity index (χ1v) is 8.28. The van der Waals surface area contributed by atoms with E-state index in [0.29, 0.717) is 19.3 Å². The lowest BCUT2D eigenvalue weighted by atomic mass is 9.77. The molecule has 2 aliphatic heterocycles. The maximum Gasteiger partial charge on any atom is 0.310 e. The van der Waals surface area contributed by atoms with E-state index in [0.717, 1.165) is 19.4 Å². The highest BCUT2D eigenvalue weighted by molar-refractivity contribution is 5.71. The maximum absolute atomic E-state index is 11.4. The number of hydrogen-bond donors (Lipinski definition) is 1. The van der Waals surface area contributed by atoms with E-state index in [4.69, 9.17) is 9.47 Å². The predicted octanol–water partition coefficient (Wildman–Crippen LogP) is 1.90. The average molecular weight is 297 g/mol. The number of nitrogens with zero attached hydrogens (tertiary/aromatic N) is 1. The number of aliphatic carboxylic acids is 1. The molecule has 3 rings (SSSR count). The summed E-state index contributed by atoms with van der Waals surface area (Å²) in [5.74, 6) is -1.12. The van der Waals surface area contributed by atoms with Crippen molar-refractivity contribution in [2.24, 2.45) is 5.92 Å². The Labute approximate surface area is 126 Å². The molecule has 0 radical (unpaired) electrons. The monoisotopic (exact) mass is 297 g/mol. The van der Waals surface area contributed by atoms with Crippen LogP contribution in [0.15, 0.2) is 0 Å². The molecule has 2 heterocycles. The molecule has 3 fully saturated rings. The minimum Gasteiger partial charge on any atom is -0.481 e. The van der Waals surface area contributed by atoms with Gasteiger partial charge in [-0.05, 0) is 32.7 Å². The van der Waals surface area contributed by atoms with Gasteiger partial charge >= 0.3 is 5.97 Å². The van der Waals surface area contributed by atoms with E-state index < -0.39 is 5.97 Å². The van der Waals surface area contributed by atoms with Gasteiger partial charge in [-0.25, -0.2) is 0 Å². The first-order valence-electron chi connectivity index (χ1n) is 8.28. The highest BCUT2D eigenvalue weighted by Gasteiger charge is 2.44. The van der Waals surface area contributed by atoms with Gasteiger partial charge in [-0.15, -0.1) is 0 Å². The van der Waals surface area contributed by atoms with Gasteiger partial charge in [-0.2, -0.15) is 0 Å². The highest BCUT2D eigenvalue weighted by Crippen LogP contribution is 2.40. The fraction of sp³-hybridized carbons (Fsp3) is 0.938. The zero-order chi connectivity index (χ0) is 14.9. The Kier molecular flexibility index (Phi) is 4.52. The number of ether oxygens (including phenoxy) is 2. The first-order chi connectivity index (χ1) is 10.1. The van der Waals surface area contributed by atoms with Gasteiger partial charge in [0.05, 0.1) is 24.7 Å². The topological polar surface area (TPSA) is 59.0 Å². The van der Waals surface area contributed by atoms with Crippen molar-refractivity contribution >= 4 is 5.97 Å². The van der Waals surface area contributed by atoms with Gasteiger partial charge in [-0.1, -0.05) is 19.3 Å². The maximum atomic E-state index is 11.4. The Morgan fingerprint density at radius 3 is 2.71 bits per heavy atom.